The van der Waals surface area contributed by atoms with Crippen LogP contribution in [0, 0.1) is 20.8 Å². The van der Waals surface area contributed by atoms with Crippen LogP contribution in [-0.2, 0) is 6.42 Å². The maximum absolute atomic E-state index is 4.37. The predicted octanol–water partition coefficient (Wildman–Crippen LogP) is 7.15. The molecule has 25 heavy (non-hydrogen) atoms. The highest BCUT2D eigenvalue weighted by molar-refractivity contribution is 7.15. The van der Waals surface area contributed by atoms with Gasteiger partial charge in [-0.15, -0.1) is 11.3 Å². The van der Waals surface area contributed by atoms with Gasteiger partial charge in [0.15, 0.2) is 0 Å². The van der Waals surface area contributed by atoms with Gasteiger partial charge >= 0.3 is 0 Å². The summed E-state index contributed by atoms with van der Waals surface area (Å²) in [6.45, 7) is 8.55. The van der Waals surface area contributed by atoms with Crippen LogP contribution < -0.4 is 0 Å². The van der Waals surface area contributed by atoms with Crippen molar-refractivity contribution >= 4 is 11.3 Å². The quantitative estimate of drug-likeness (QED) is 0.445. The second kappa shape index (κ2) is 10.1. The number of benzene rings is 1. The Kier molecular flexibility index (Phi) is 7.87. The van der Waals surface area contributed by atoms with E-state index in [1.54, 1.807) is 11.3 Å². The van der Waals surface area contributed by atoms with E-state index in [1.165, 1.54) is 52.1 Å². The number of rotatable bonds is 5. The molecule has 2 heterocycles. The van der Waals surface area contributed by atoms with Crippen LogP contribution in [0.4, 0.5) is 0 Å². The molecule has 0 amide bonds. The van der Waals surface area contributed by atoms with Crippen molar-refractivity contribution in [3.8, 4) is 10.6 Å². The fraction of sp³-hybridized carbons (Fsp3) is 0.348. The molecule has 0 spiro atoms. The molecule has 0 radical (unpaired) electrons. The number of nitrogens with zero attached hydrogens (tertiary/aromatic N) is 1. The summed E-state index contributed by atoms with van der Waals surface area (Å²) in [5.41, 5.74) is 5.11. The summed E-state index contributed by atoms with van der Waals surface area (Å²) in [5, 5.41) is 0. The SMILES string of the molecule is CCCCCc1ccc(C)cc1.Cc1ccc(-c2ccc(C)s2)nc1. The Morgan fingerprint density at radius 1 is 0.800 bits per heavy atom. The molecule has 0 aliphatic rings. The molecule has 0 atom stereocenters. The molecule has 0 saturated heterocycles. The fourth-order valence-corrected chi connectivity index (χ4v) is 3.36. The van der Waals surface area contributed by atoms with Crippen LogP contribution in [0.1, 0.15) is 47.8 Å². The first-order valence-electron chi connectivity index (χ1n) is 9.13. The van der Waals surface area contributed by atoms with Crippen LogP contribution in [0.25, 0.3) is 10.6 Å². The Morgan fingerprint density at radius 2 is 1.52 bits per heavy atom. The molecule has 2 aromatic heterocycles. The zero-order chi connectivity index (χ0) is 18.1. The second-order valence-electron chi connectivity index (χ2n) is 6.57. The van der Waals surface area contributed by atoms with E-state index in [1.807, 2.05) is 6.20 Å². The highest BCUT2D eigenvalue weighted by atomic mass is 32.1. The summed E-state index contributed by atoms with van der Waals surface area (Å²) in [7, 11) is 0. The third-order valence-corrected chi connectivity index (χ3v) is 5.12. The van der Waals surface area contributed by atoms with E-state index in [4.69, 9.17) is 0 Å². The summed E-state index contributed by atoms with van der Waals surface area (Å²) in [4.78, 5) is 6.95. The third-order valence-electron chi connectivity index (χ3n) is 4.09. The van der Waals surface area contributed by atoms with Crippen molar-refractivity contribution in [3.63, 3.8) is 0 Å². The zero-order valence-electron chi connectivity index (χ0n) is 15.9. The van der Waals surface area contributed by atoms with Crippen molar-refractivity contribution in [1.82, 2.24) is 4.98 Å². The summed E-state index contributed by atoms with van der Waals surface area (Å²) in [6.07, 6.45) is 7.15. The Labute approximate surface area is 156 Å². The van der Waals surface area contributed by atoms with Crippen LogP contribution >= 0.6 is 11.3 Å². The fourth-order valence-electron chi connectivity index (χ4n) is 2.52. The van der Waals surface area contributed by atoms with Gasteiger partial charge < -0.3 is 0 Å². The first-order chi connectivity index (χ1) is 12.1. The largest absolute Gasteiger partial charge is 0.255 e. The highest BCUT2D eigenvalue weighted by Crippen LogP contribution is 2.25. The second-order valence-corrected chi connectivity index (χ2v) is 7.86. The van der Waals surface area contributed by atoms with Gasteiger partial charge in [0.2, 0.25) is 0 Å². The van der Waals surface area contributed by atoms with Crippen molar-refractivity contribution < 1.29 is 0 Å². The van der Waals surface area contributed by atoms with E-state index < -0.39 is 0 Å². The molecule has 1 nitrogen and oxygen atoms in total. The van der Waals surface area contributed by atoms with Crippen LogP contribution in [-0.4, -0.2) is 4.98 Å². The van der Waals surface area contributed by atoms with Crippen LogP contribution in [0.15, 0.2) is 54.7 Å². The van der Waals surface area contributed by atoms with E-state index >= 15 is 0 Å². The Balaban J connectivity index is 0.000000181. The number of pyridine rings is 1. The average molecular weight is 352 g/mol. The number of aryl methyl sites for hydroxylation is 4. The van der Waals surface area contributed by atoms with E-state index in [-0.39, 0.29) is 0 Å². The minimum atomic E-state index is 1.07. The van der Waals surface area contributed by atoms with Crippen molar-refractivity contribution in [2.45, 2.75) is 53.4 Å². The summed E-state index contributed by atoms with van der Waals surface area (Å²) >= 11 is 1.78. The van der Waals surface area contributed by atoms with E-state index in [0.717, 1.165) is 5.69 Å². The van der Waals surface area contributed by atoms with Gasteiger partial charge in [0.25, 0.3) is 0 Å². The molecule has 2 heteroatoms. The lowest BCUT2D eigenvalue weighted by Gasteiger charge is -2.00. The first kappa shape index (κ1) is 19.4. The summed E-state index contributed by atoms with van der Waals surface area (Å²) < 4.78 is 0. The third kappa shape index (κ3) is 6.83. The smallest absolute Gasteiger partial charge is 0.0801 e. The van der Waals surface area contributed by atoms with Crippen LogP contribution in [0.2, 0.25) is 0 Å². The Bertz CT molecular complexity index is 739. The molecule has 0 saturated carbocycles. The Morgan fingerprint density at radius 3 is 2.08 bits per heavy atom. The molecule has 132 valence electrons. The molecule has 1 aromatic carbocycles. The van der Waals surface area contributed by atoms with Gasteiger partial charge in [-0.3, -0.25) is 4.98 Å². The maximum atomic E-state index is 4.37. The minimum absolute atomic E-state index is 1.07. The van der Waals surface area contributed by atoms with Crippen molar-refractivity contribution in [2.75, 3.05) is 0 Å². The summed E-state index contributed by atoms with van der Waals surface area (Å²) in [5.74, 6) is 0. The van der Waals surface area contributed by atoms with E-state index in [2.05, 4.69) is 81.2 Å². The zero-order valence-corrected chi connectivity index (χ0v) is 16.7. The average Bonchev–Trinajstić information content (AvgIpc) is 3.05. The van der Waals surface area contributed by atoms with Gasteiger partial charge in [-0.1, -0.05) is 55.7 Å². The molecule has 0 bridgehead atoms. The van der Waals surface area contributed by atoms with Gasteiger partial charge in [0.05, 0.1) is 10.6 Å². The number of hydrogen-bond acceptors (Lipinski definition) is 2. The van der Waals surface area contributed by atoms with Gasteiger partial charge in [-0.05, 0) is 62.9 Å². The van der Waals surface area contributed by atoms with Crippen molar-refractivity contribution in [1.29, 1.82) is 0 Å². The number of aromatic nitrogens is 1. The van der Waals surface area contributed by atoms with Gasteiger partial charge in [-0.2, -0.15) is 0 Å². The van der Waals surface area contributed by atoms with Crippen LogP contribution in [0.5, 0.6) is 0 Å². The molecule has 0 unspecified atom stereocenters. The van der Waals surface area contributed by atoms with Crippen molar-refractivity contribution in [3.05, 3.63) is 76.3 Å². The molecular weight excluding hydrogens is 322 g/mol. The van der Waals surface area contributed by atoms with Gasteiger partial charge in [0, 0.05) is 11.1 Å². The van der Waals surface area contributed by atoms with E-state index in [0.29, 0.717) is 0 Å². The van der Waals surface area contributed by atoms with Gasteiger partial charge in [0.1, 0.15) is 0 Å². The normalized spacial score (nSPS) is 10.2. The first-order valence-corrected chi connectivity index (χ1v) is 9.95. The molecular formula is C23H29NS. The summed E-state index contributed by atoms with van der Waals surface area (Å²) in [6, 6.07) is 17.3. The molecule has 0 N–H and O–H groups in total. The molecule has 3 rings (SSSR count). The lowest BCUT2D eigenvalue weighted by atomic mass is 10.1. The predicted molar refractivity (Wildman–Crippen MR) is 111 cm³/mol. The Hall–Kier alpha value is -1.93. The van der Waals surface area contributed by atoms with E-state index in [9.17, 15) is 0 Å². The minimum Gasteiger partial charge on any atom is -0.255 e. The molecule has 0 aliphatic carbocycles. The molecule has 0 aliphatic heterocycles. The highest BCUT2D eigenvalue weighted by Gasteiger charge is 2.00. The number of hydrogen-bond donors (Lipinski definition) is 0. The standard InChI is InChI=1S/C12H18.C11H11NS/c1-3-4-5-6-12-9-7-11(2)8-10-12;1-8-3-5-10(12-7-8)11-6-4-9(2)13-11/h7-10H,3-6H2,1-2H3;3-7H,1-2H3. The van der Waals surface area contributed by atoms with Crippen molar-refractivity contribution in [2.24, 2.45) is 0 Å². The monoisotopic (exact) mass is 351 g/mol. The van der Waals surface area contributed by atoms with Crippen LogP contribution in [0.3, 0.4) is 0 Å². The lowest BCUT2D eigenvalue weighted by molar-refractivity contribution is 0.717. The topological polar surface area (TPSA) is 12.9 Å². The lowest BCUT2D eigenvalue weighted by Crippen LogP contribution is -1.84. The molecule has 0 fully saturated rings. The number of thiophene rings is 1. The maximum Gasteiger partial charge on any atom is 0.0801 e. The molecule has 3 aromatic rings. The van der Waals surface area contributed by atoms with Gasteiger partial charge in [-0.25, -0.2) is 0 Å². The number of unbranched alkanes of at least 4 members (excludes halogenated alkanes) is 2.